The number of imidazole rings is 1. The zero-order valence-corrected chi connectivity index (χ0v) is 18.7. The Balaban J connectivity index is 1.68. The highest BCUT2D eigenvalue weighted by Gasteiger charge is 2.47. The second kappa shape index (κ2) is 9.29. The molecule has 3 unspecified atom stereocenters. The summed E-state index contributed by atoms with van der Waals surface area (Å²) in [6.45, 7) is -0.949. The van der Waals surface area contributed by atoms with E-state index in [1.54, 1.807) is 0 Å². The Morgan fingerprint density at radius 3 is 2.38 bits per heavy atom. The van der Waals surface area contributed by atoms with Crippen LogP contribution in [0, 0.1) is 0 Å². The number of aliphatic hydroxyl groups excluding tert-OH is 2. The highest BCUT2D eigenvalue weighted by Crippen LogP contribution is 2.68. The van der Waals surface area contributed by atoms with E-state index < -0.39 is 54.6 Å². The highest BCUT2D eigenvalue weighted by molar-refractivity contribution is 7.67. The number of aromatic nitrogens is 4. The molecule has 0 radical (unpaired) electrons. The van der Waals surface area contributed by atoms with Crippen LogP contribution in [-0.2, 0) is 35.7 Å². The van der Waals surface area contributed by atoms with Crippen molar-refractivity contribution in [1.29, 1.82) is 0 Å². The van der Waals surface area contributed by atoms with Gasteiger partial charge in [-0.15, -0.1) is 0 Å². The van der Waals surface area contributed by atoms with Crippen LogP contribution < -0.4 is 5.73 Å². The molecular weight excluding hydrogens is 527 g/mol. The predicted molar refractivity (Wildman–Crippen MR) is 100 cm³/mol. The summed E-state index contributed by atoms with van der Waals surface area (Å²) in [7, 11) is -16.4. The smallest absolute Gasteiger partial charge is 0.387 e. The Labute approximate surface area is 182 Å². The van der Waals surface area contributed by atoms with Crippen LogP contribution in [0.25, 0.3) is 11.2 Å². The van der Waals surface area contributed by atoms with E-state index in [-0.39, 0.29) is 17.0 Å². The number of ether oxygens (including phenoxy) is 1. The first-order chi connectivity index (χ1) is 14.8. The molecule has 18 nitrogen and oxygen atoms in total. The van der Waals surface area contributed by atoms with Crippen molar-refractivity contribution < 1.29 is 60.5 Å². The van der Waals surface area contributed by atoms with Crippen molar-refractivity contribution in [3.05, 3.63) is 12.7 Å². The maximum Gasteiger partial charge on any atom is 0.497 e. The van der Waals surface area contributed by atoms with E-state index in [4.69, 9.17) is 15.4 Å². The summed E-state index contributed by atoms with van der Waals surface area (Å²) in [6, 6.07) is 0. The van der Waals surface area contributed by atoms with Gasteiger partial charge in [0.05, 0.1) is 24.8 Å². The lowest BCUT2D eigenvalue weighted by atomic mass is 10.1. The number of phosphoric ester groups is 1. The summed E-state index contributed by atoms with van der Waals surface area (Å²) in [4.78, 5) is 39.4. The van der Waals surface area contributed by atoms with Gasteiger partial charge in [-0.05, 0) is 0 Å². The molecule has 0 saturated carbocycles. The zero-order chi connectivity index (χ0) is 23.9. The molecule has 7 atom stereocenters. The van der Waals surface area contributed by atoms with E-state index in [1.165, 1.54) is 10.9 Å². The Kier molecular flexibility index (Phi) is 7.42. The van der Waals surface area contributed by atoms with Gasteiger partial charge < -0.3 is 35.4 Å². The van der Waals surface area contributed by atoms with Crippen LogP contribution in [0.5, 0.6) is 0 Å². The van der Waals surface area contributed by atoms with E-state index >= 15 is 0 Å². The molecule has 2 aromatic heterocycles. The molecule has 180 valence electrons. The topological polar surface area (TPSA) is 268 Å². The maximum atomic E-state index is 11.9. The monoisotopic (exact) mass is 541 g/mol. The van der Waals surface area contributed by atoms with Crippen LogP contribution in [0.3, 0.4) is 0 Å². The largest absolute Gasteiger partial charge is 0.497 e. The molecule has 0 aliphatic carbocycles. The number of phosphoric acid groups is 3. The molecule has 0 bridgehead atoms. The molecule has 32 heavy (non-hydrogen) atoms. The van der Waals surface area contributed by atoms with Gasteiger partial charge in [-0.3, -0.25) is 9.09 Å². The van der Waals surface area contributed by atoms with Gasteiger partial charge >= 0.3 is 23.5 Å². The Hall–Kier alpha value is -1.07. The first-order valence-electron chi connectivity index (χ1n) is 8.06. The van der Waals surface area contributed by atoms with Gasteiger partial charge in [0.15, 0.2) is 17.7 Å². The SMILES string of the molecule is Nc1ncnc2c1ncn2[C@@H]1O[C@H](COP(=O)(O)OP(=O)(O)OP(=O)(O)OCl)[C@@H](O)[C@H]1O. The molecule has 3 rings (SSSR count). The van der Waals surface area contributed by atoms with Crippen LogP contribution in [-0.4, -0.2) is 69.3 Å². The van der Waals surface area contributed by atoms with Crippen molar-refractivity contribution >= 4 is 52.3 Å². The molecule has 3 heterocycles. The number of rotatable bonds is 9. The molecular formula is C10H15ClN5O13P3. The number of hydrogen-bond acceptors (Lipinski definition) is 14. The van der Waals surface area contributed by atoms with Crippen LogP contribution in [0.1, 0.15) is 6.23 Å². The number of aliphatic hydroxyl groups is 2. The summed E-state index contributed by atoms with van der Waals surface area (Å²) in [5.74, 6) is 0.0441. The number of anilines is 1. The Morgan fingerprint density at radius 1 is 1.06 bits per heavy atom. The second-order valence-electron chi connectivity index (χ2n) is 6.06. The molecule has 1 aliphatic rings. The van der Waals surface area contributed by atoms with E-state index in [1.807, 2.05) is 0 Å². The number of nitrogens with zero attached hydrogens (tertiary/aromatic N) is 4. The molecule has 1 aliphatic heterocycles. The fourth-order valence-electron chi connectivity index (χ4n) is 2.63. The molecule has 2 aromatic rings. The van der Waals surface area contributed by atoms with Gasteiger partial charge in [0, 0.05) is 0 Å². The fraction of sp³-hybridized carbons (Fsp3) is 0.500. The number of fused-ring (bicyclic) bond motifs is 1. The fourth-order valence-corrected chi connectivity index (χ4v) is 5.96. The van der Waals surface area contributed by atoms with E-state index in [2.05, 4.69) is 44.0 Å². The third kappa shape index (κ3) is 5.70. The molecule has 7 N–H and O–H groups in total. The third-order valence-electron chi connectivity index (χ3n) is 3.90. The van der Waals surface area contributed by atoms with Crippen molar-refractivity contribution in [3.63, 3.8) is 0 Å². The first kappa shape index (κ1) is 25.6. The summed E-state index contributed by atoms with van der Waals surface area (Å²) in [5.41, 5.74) is 6.02. The second-order valence-corrected chi connectivity index (χ2v) is 11.0. The van der Waals surface area contributed by atoms with Gasteiger partial charge in [-0.1, -0.05) is 0 Å². The summed E-state index contributed by atoms with van der Waals surface area (Å²) in [5, 5.41) is 20.5. The molecule has 0 aromatic carbocycles. The number of nitrogen functional groups attached to an aromatic ring is 1. The van der Waals surface area contributed by atoms with Gasteiger partial charge in [-0.2, -0.15) is 12.7 Å². The number of halogens is 1. The van der Waals surface area contributed by atoms with Crippen LogP contribution in [0.4, 0.5) is 5.82 Å². The van der Waals surface area contributed by atoms with Crippen molar-refractivity contribution in [2.75, 3.05) is 12.3 Å². The Morgan fingerprint density at radius 2 is 1.72 bits per heavy atom. The number of nitrogens with two attached hydrogens (primary N) is 1. The van der Waals surface area contributed by atoms with Crippen molar-refractivity contribution in [2.45, 2.75) is 24.5 Å². The minimum absolute atomic E-state index is 0.0441. The third-order valence-corrected chi connectivity index (χ3v) is 8.38. The van der Waals surface area contributed by atoms with Gasteiger partial charge in [-0.25, -0.2) is 28.6 Å². The standard InChI is InChI=1S/C10H15ClN5O13P3/c11-27-31(21,22)29-32(23,24)28-30(19,20)25-1-4-6(17)7(18)10(26-4)16-3-15-5-8(12)13-2-14-9(5)16/h2-4,6-7,10,17-18H,1H2,(H,19,20)(H,21,22)(H,23,24)(H2,12,13,14)/t4-,6-,7-,10-/m1/s1. The molecule has 22 heteroatoms. The molecule has 0 spiro atoms. The average Bonchev–Trinajstić information content (AvgIpc) is 3.21. The van der Waals surface area contributed by atoms with Gasteiger partial charge in [0.2, 0.25) is 0 Å². The van der Waals surface area contributed by atoms with Gasteiger partial charge in [0.1, 0.15) is 30.2 Å². The molecule has 1 saturated heterocycles. The zero-order valence-electron chi connectivity index (χ0n) is 15.3. The molecule has 1 fully saturated rings. The first-order valence-corrected chi connectivity index (χ1v) is 12.9. The lowest BCUT2D eigenvalue weighted by molar-refractivity contribution is -0.0503. The summed E-state index contributed by atoms with van der Waals surface area (Å²) in [6.07, 6.45) is -3.68. The lowest BCUT2D eigenvalue weighted by Crippen LogP contribution is -2.33. The maximum absolute atomic E-state index is 11.9. The predicted octanol–water partition coefficient (Wildman–Crippen LogP) is -0.451. The van der Waals surface area contributed by atoms with E-state index in [0.29, 0.717) is 0 Å². The van der Waals surface area contributed by atoms with E-state index in [9.17, 15) is 33.7 Å². The number of hydrogen-bond donors (Lipinski definition) is 6. The molecule has 0 amide bonds. The van der Waals surface area contributed by atoms with Gasteiger partial charge in [0.25, 0.3) is 0 Å². The van der Waals surface area contributed by atoms with Crippen LogP contribution >= 0.6 is 35.3 Å². The van der Waals surface area contributed by atoms with Crippen molar-refractivity contribution in [3.8, 4) is 0 Å². The van der Waals surface area contributed by atoms with Crippen molar-refractivity contribution in [1.82, 2.24) is 19.5 Å². The normalized spacial score (nSPS) is 29.4. The summed E-state index contributed by atoms with van der Waals surface area (Å²) < 4.78 is 56.4. The van der Waals surface area contributed by atoms with Crippen molar-refractivity contribution in [2.24, 2.45) is 0 Å². The quantitative estimate of drug-likeness (QED) is 0.219. The Bertz CT molecular complexity index is 1130. The van der Waals surface area contributed by atoms with E-state index in [0.717, 1.165) is 6.33 Å². The van der Waals surface area contributed by atoms with Crippen LogP contribution in [0.2, 0.25) is 0 Å². The summed E-state index contributed by atoms with van der Waals surface area (Å²) >= 11 is 4.57. The minimum atomic E-state index is -5.68. The minimum Gasteiger partial charge on any atom is -0.387 e. The lowest BCUT2D eigenvalue weighted by Gasteiger charge is -2.19. The average molecular weight is 542 g/mol. The van der Waals surface area contributed by atoms with Crippen LogP contribution in [0.15, 0.2) is 12.7 Å². The highest BCUT2D eigenvalue weighted by atomic mass is 35.5.